The van der Waals surface area contributed by atoms with Crippen molar-refractivity contribution < 1.29 is 14.3 Å². The second-order valence-electron chi connectivity index (χ2n) is 8.18. The molecule has 0 spiro atoms. The van der Waals surface area contributed by atoms with Crippen LogP contribution in [0.1, 0.15) is 24.5 Å². The minimum atomic E-state index is -0.463. The Morgan fingerprint density at radius 1 is 1.00 bits per heavy atom. The van der Waals surface area contributed by atoms with E-state index in [1.165, 1.54) is 5.56 Å². The maximum absolute atomic E-state index is 12.4. The van der Waals surface area contributed by atoms with Gasteiger partial charge in [-0.15, -0.1) is 0 Å². The largest absolute Gasteiger partial charge is 0.379 e. The number of carbonyl (C=O) groups is 2. The number of nitrogens with zero attached hydrogens (tertiary/aromatic N) is 2. The summed E-state index contributed by atoms with van der Waals surface area (Å²) in [5.41, 5.74) is 2.20. The van der Waals surface area contributed by atoms with Crippen LogP contribution in [0.5, 0.6) is 0 Å². The summed E-state index contributed by atoms with van der Waals surface area (Å²) in [5.74, 6) is -0.271. The SMILES string of the molecule is CC(CN1CCOCC1)N(CCC(=O)NC(=O)NCc1ccccc1)Cc1ccccc1. The Bertz CT molecular complexity index is 826. The highest BCUT2D eigenvalue weighted by molar-refractivity contribution is 5.94. The number of hydrogen-bond donors (Lipinski definition) is 2. The molecule has 1 unspecified atom stereocenters. The van der Waals surface area contributed by atoms with Gasteiger partial charge in [-0.05, 0) is 18.1 Å². The third kappa shape index (κ3) is 8.42. The first kappa shape index (κ1) is 23.9. The fourth-order valence-electron chi connectivity index (χ4n) is 3.80. The van der Waals surface area contributed by atoms with E-state index in [1.807, 2.05) is 48.5 Å². The lowest BCUT2D eigenvalue weighted by Gasteiger charge is -2.35. The van der Waals surface area contributed by atoms with Gasteiger partial charge in [0.25, 0.3) is 0 Å². The van der Waals surface area contributed by atoms with Gasteiger partial charge < -0.3 is 10.1 Å². The average molecular weight is 439 g/mol. The molecular weight excluding hydrogens is 404 g/mol. The van der Waals surface area contributed by atoms with Crippen LogP contribution in [0.4, 0.5) is 4.79 Å². The zero-order valence-corrected chi connectivity index (χ0v) is 18.8. The smallest absolute Gasteiger partial charge is 0.321 e. The van der Waals surface area contributed by atoms with Crippen LogP contribution in [0, 0.1) is 0 Å². The predicted molar refractivity (Wildman–Crippen MR) is 125 cm³/mol. The fourth-order valence-corrected chi connectivity index (χ4v) is 3.80. The standard InChI is InChI=1S/C25H34N4O3/c1-21(19-28-14-16-32-17-15-28)29(20-23-10-6-3-7-11-23)13-12-24(30)27-25(31)26-18-22-8-4-2-5-9-22/h2-11,21H,12-20H2,1H3,(H2,26,27,30,31). The van der Waals surface area contributed by atoms with E-state index < -0.39 is 6.03 Å². The molecule has 0 saturated carbocycles. The first-order chi connectivity index (χ1) is 15.6. The summed E-state index contributed by atoms with van der Waals surface area (Å²) in [5, 5.41) is 5.18. The van der Waals surface area contributed by atoms with Gasteiger partial charge in [0.1, 0.15) is 0 Å². The van der Waals surface area contributed by atoms with E-state index in [-0.39, 0.29) is 18.4 Å². The van der Waals surface area contributed by atoms with Crippen LogP contribution in [0.2, 0.25) is 0 Å². The molecule has 1 fully saturated rings. The summed E-state index contributed by atoms with van der Waals surface area (Å²) in [7, 11) is 0. The topological polar surface area (TPSA) is 73.9 Å². The molecule has 2 aromatic rings. The average Bonchev–Trinajstić information content (AvgIpc) is 2.82. The van der Waals surface area contributed by atoms with Crippen molar-refractivity contribution in [3.8, 4) is 0 Å². The number of carbonyl (C=O) groups excluding carboxylic acids is 2. The Kier molecular flexibility index (Phi) is 9.68. The van der Waals surface area contributed by atoms with Crippen LogP contribution in [-0.2, 0) is 22.6 Å². The number of nitrogens with one attached hydrogen (secondary N) is 2. The highest BCUT2D eigenvalue weighted by Gasteiger charge is 2.20. The van der Waals surface area contributed by atoms with Crippen LogP contribution in [0.25, 0.3) is 0 Å². The van der Waals surface area contributed by atoms with E-state index in [0.717, 1.165) is 45.0 Å². The van der Waals surface area contributed by atoms with Crippen LogP contribution in [-0.4, -0.2) is 67.2 Å². The third-order valence-electron chi connectivity index (χ3n) is 5.65. The van der Waals surface area contributed by atoms with Crippen molar-refractivity contribution in [2.45, 2.75) is 32.5 Å². The Balaban J connectivity index is 1.49. The van der Waals surface area contributed by atoms with Gasteiger partial charge in [0.15, 0.2) is 0 Å². The molecule has 0 bridgehead atoms. The normalized spacial score (nSPS) is 15.3. The highest BCUT2D eigenvalue weighted by Crippen LogP contribution is 2.11. The second kappa shape index (κ2) is 13.0. The predicted octanol–water partition coefficient (Wildman–Crippen LogP) is 2.63. The molecule has 172 valence electrons. The quantitative estimate of drug-likeness (QED) is 0.597. The Morgan fingerprint density at radius 2 is 1.62 bits per heavy atom. The lowest BCUT2D eigenvalue weighted by atomic mass is 10.1. The van der Waals surface area contributed by atoms with Gasteiger partial charge in [0.2, 0.25) is 5.91 Å². The van der Waals surface area contributed by atoms with Crippen LogP contribution < -0.4 is 10.6 Å². The molecule has 32 heavy (non-hydrogen) atoms. The Morgan fingerprint density at radius 3 is 2.28 bits per heavy atom. The van der Waals surface area contributed by atoms with Gasteiger partial charge in [0.05, 0.1) is 13.2 Å². The van der Waals surface area contributed by atoms with E-state index in [2.05, 4.69) is 39.5 Å². The summed E-state index contributed by atoms with van der Waals surface area (Å²) in [4.78, 5) is 29.2. The Hall–Kier alpha value is -2.74. The van der Waals surface area contributed by atoms with Gasteiger partial charge in [0, 0.05) is 51.7 Å². The zero-order chi connectivity index (χ0) is 22.6. The number of morpholine rings is 1. The van der Waals surface area contributed by atoms with Crippen molar-refractivity contribution in [2.24, 2.45) is 0 Å². The summed E-state index contributed by atoms with van der Waals surface area (Å²) in [6.45, 7) is 8.27. The molecule has 1 atom stereocenters. The highest BCUT2D eigenvalue weighted by atomic mass is 16.5. The molecule has 0 aromatic heterocycles. The van der Waals surface area contributed by atoms with Crippen LogP contribution >= 0.6 is 0 Å². The first-order valence-corrected chi connectivity index (χ1v) is 11.3. The molecule has 1 heterocycles. The maximum Gasteiger partial charge on any atom is 0.321 e. The summed E-state index contributed by atoms with van der Waals surface area (Å²) in [6.07, 6.45) is 0.263. The zero-order valence-electron chi connectivity index (χ0n) is 18.8. The van der Waals surface area contributed by atoms with Crippen molar-refractivity contribution in [3.63, 3.8) is 0 Å². The molecule has 2 aromatic carbocycles. The molecule has 3 rings (SSSR count). The minimum Gasteiger partial charge on any atom is -0.379 e. The van der Waals surface area contributed by atoms with Gasteiger partial charge in [-0.1, -0.05) is 60.7 Å². The van der Waals surface area contributed by atoms with Gasteiger partial charge in [-0.25, -0.2) is 4.79 Å². The lowest BCUT2D eigenvalue weighted by molar-refractivity contribution is -0.120. The number of rotatable bonds is 10. The molecule has 1 saturated heterocycles. The maximum atomic E-state index is 12.4. The number of hydrogen-bond acceptors (Lipinski definition) is 5. The molecule has 1 aliphatic rings. The third-order valence-corrected chi connectivity index (χ3v) is 5.65. The van der Waals surface area contributed by atoms with E-state index in [9.17, 15) is 9.59 Å². The molecule has 0 aliphatic carbocycles. The second-order valence-corrected chi connectivity index (χ2v) is 8.18. The van der Waals surface area contributed by atoms with Crippen LogP contribution in [0.15, 0.2) is 60.7 Å². The molecule has 3 amide bonds. The van der Waals surface area contributed by atoms with Crippen molar-refractivity contribution >= 4 is 11.9 Å². The van der Waals surface area contributed by atoms with E-state index in [4.69, 9.17) is 4.74 Å². The van der Waals surface area contributed by atoms with Crippen LogP contribution in [0.3, 0.4) is 0 Å². The van der Waals surface area contributed by atoms with Crippen molar-refractivity contribution in [1.29, 1.82) is 0 Å². The number of ether oxygens (including phenoxy) is 1. The molecule has 7 heteroatoms. The molecule has 0 radical (unpaired) electrons. The van der Waals surface area contributed by atoms with Crippen molar-refractivity contribution in [3.05, 3.63) is 71.8 Å². The van der Waals surface area contributed by atoms with Gasteiger partial charge in [-0.3, -0.25) is 19.9 Å². The monoisotopic (exact) mass is 438 g/mol. The van der Waals surface area contributed by atoms with Gasteiger partial charge in [-0.2, -0.15) is 0 Å². The molecule has 2 N–H and O–H groups in total. The molecular formula is C25H34N4O3. The number of benzene rings is 2. The van der Waals surface area contributed by atoms with E-state index in [0.29, 0.717) is 13.1 Å². The Labute approximate surface area is 190 Å². The van der Waals surface area contributed by atoms with Crippen molar-refractivity contribution in [1.82, 2.24) is 20.4 Å². The molecule has 7 nitrogen and oxygen atoms in total. The first-order valence-electron chi connectivity index (χ1n) is 11.3. The van der Waals surface area contributed by atoms with E-state index >= 15 is 0 Å². The van der Waals surface area contributed by atoms with E-state index in [1.54, 1.807) is 0 Å². The summed E-state index contributed by atoms with van der Waals surface area (Å²) in [6, 6.07) is 19.7. The number of imide groups is 1. The lowest BCUT2D eigenvalue weighted by Crippen LogP contribution is -2.47. The fraction of sp³-hybridized carbons (Fsp3) is 0.440. The van der Waals surface area contributed by atoms with Crippen molar-refractivity contribution in [2.75, 3.05) is 39.4 Å². The summed E-state index contributed by atoms with van der Waals surface area (Å²) >= 11 is 0. The number of urea groups is 1. The molecule has 1 aliphatic heterocycles. The number of amides is 3. The summed E-state index contributed by atoms with van der Waals surface area (Å²) < 4.78 is 5.46. The minimum absolute atomic E-state index is 0.263. The van der Waals surface area contributed by atoms with Gasteiger partial charge >= 0.3 is 6.03 Å².